The Kier molecular flexibility index (Phi) is 6.40. The van der Waals surface area contributed by atoms with Gasteiger partial charge in [0.05, 0.1) is 11.6 Å². The van der Waals surface area contributed by atoms with Crippen LogP contribution >= 0.6 is 11.6 Å². The van der Waals surface area contributed by atoms with Crippen LogP contribution in [0.5, 0.6) is 5.75 Å². The Bertz CT molecular complexity index is 815. The van der Waals surface area contributed by atoms with E-state index in [0.29, 0.717) is 43.3 Å². The first-order valence-corrected chi connectivity index (χ1v) is 9.54. The van der Waals surface area contributed by atoms with Gasteiger partial charge in [-0.05, 0) is 41.8 Å². The van der Waals surface area contributed by atoms with Crippen LogP contribution in [0.1, 0.15) is 18.4 Å². The van der Waals surface area contributed by atoms with Crippen LogP contribution in [0, 0.1) is 0 Å². The Morgan fingerprint density at radius 1 is 1.15 bits per heavy atom. The summed E-state index contributed by atoms with van der Waals surface area (Å²) < 4.78 is 5.65. The van der Waals surface area contributed by atoms with Crippen molar-refractivity contribution >= 4 is 28.8 Å². The number of carbonyl (C=O) groups is 1. The molecule has 4 nitrogen and oxygen atoms in total. The molecule has 2 aromatic carbocycles. The van der Waals surface area contributed by atoms with Crippen LogP contribution in [0.4, 0.5) is 5.69 Å². The summed E-state index contributed by atoms with van der Waals surface area (Å²) in [4.78, 5) is 16.4. The van der Waals surface area contributed by atoms with Crippen molar-refractivity contribution in [2.75, 3.05) is 38.7 Å². The zero-order valence-corrected chi connectivity index (χ0v) is 16.6. The number of anilines is 1. The highest BCUT2D eigenvalue weighted by Crippen LogP contribution is 2.25. The molecule has 2 aromatic rings. The lowest BCUT2D eigenvalue weighted by molar-refractivity contribution is -0.130. The second-order valence-corrected chi connectivity index (χ2v) is 7.23. The van der Waals surface area contributed by atoms with Gasteiger partial charge in [-0.2, -0.15) is 0 Å². The van der Waals surface area contributed by atoms with E-state index in [-0.39, 0.29) is 5.91 Å². The fraction of sp³-hybridized carbons (Fsp3) is 0.318. The van der Waals surface area contributed by atoms with Gasteiger partial charge in [0.25, 0.3) is 0 Å². The molecule has 142 valence electrons. The lowest BCUT2D eigenvalue weighted by Crippen LogP contribution is -2.28. The number of hydrogen-bond acceptors (Lipinski definition) is 3. The van der Waals surface area contributed by atoms with E-state index in [9.17, 15) is 4.79 Å². The number of ether oxygens (including phenoxy) is 1. The summed E-state index contributed by atoms with van der Waals surface area (Å²) in [5.74, 6) is 0.826. The number of nitrogens with zero attached hydrogens (tertiary/aromatic N) is 2. The predicted octanol–water partition coefficient (Wildman–Crippen LogP) is 4.49. The van der Waals surface area contributed by atoms with Crippen LogP contribution in [0.25, 0.3) is 5.57 Å². The summed E-state index contributed by atoms with van der Waals surface area (Å²) in [5.41, 5.74) is 3.56. The van der Waals surface area contributed by atoms with E-state index in [4.69, 9.17) is 16.3 Å². The third-order valence-electron chi connectivity index (χ3n) is 4.66. The molecule has 5 heteroatoms. The Labute approximate surface area is 166 Å². The second-order valence-electron chi connectivity index (χ2n) is 6.83. The molecule has 0 saturated carbocycles. The van der Waals surface area contributed by atoms with E-state index in [2.05, 4.69) is 35.2 Å². The van der Waals surface area contributed by atoms with Crippen molar-refractivity contribution < 1.29 is 9.53 Å². The SMILES string of the molecule is CN(C)c1ccc(C2=CCN(C(=O)CCCOc3ccccc3Cl)C2)cc1. The Balaban J connectivity index is 1.44. The standard InChI is InChI=1S/C22H25ClN2O2/c1-24(2)19-11-9-17(10-12-19)18-13-14-25(16-18)22(26)8-5-15-27-21-7-4-3-6-20(21)23/h3-4,6-7,9-13H,5,8,14-16H2,1-2H3. The highest BCUT2D eigenvalue weighted by molar-refractivity contribution is 6.32. The van der Waals surface area contributed by atoms with Crippen LogP contribution in [-0.4, -0.2) is 44.6 Å². The van der Waals surface area contributed by atoms with E-state index in [1.54, 1.807) is 6.07 Å². The number of carbonyl (C=O) groups excluding carboxylic acids is 1. The maximum Gasteiger partial charge on any atom is 0.223 e. The highest BCUT2D eigenvalue weighted by atomic mass is 35.5. The average molecular weight is 385 g/mol. The average Bonchev–Trinajstić information content (AvgIpc) is 3.17. The van der Waals surface area contributed by atoms with Gasteiger partial charge in [0.2, 0.25) is 5.91 Å². The van der Waals surface area contributed by atoms with E-state index in [1.807, 2.05) is 37.2 Å². The summed E-state index contributed by atoms with van der Waals surface area (Å²) in [6, 6.07) is 15.8. The molecule has 1 amide bonds. The largest absolute Gasteiger partial charge is 0.492 e. The zero-order valence-electron chi connectivity index (χ0n) is 15.8. The van der Waals surface area contributed by atoms with Crippen LogP contribution in [-0.2, 0) is 4.79 Å². The molecule has 0 unspecified atom stereocenters. The molecule has 27 heavy (non-hydrogen) atoms. The predicted molar refractivity (Wildman–Crippen MR) is 112 cm³/mol. The minimum Gasteiger partial charge on any atom is -0.492 e. The molecule has 1 aliphatic rings. The summed E-state index contributed by atoms with van der Waals surface area (Å²) in [6.07, 6.45) is 3.29. The van der Waals surface area contributed by atoms with E-state index in [0.717, 1.165) is 0 Å². The molecule has 0 N–H and O–H groups in total. The summed E-state index contributed by atoms with van der Waals surface area (Å²) in [6.45, 7) is 1.83. The molecular weight excluding hydrogens is 360 g/mol. The van der Waals surface area contributed by atoms with Gasteiger partial charge in [-0.25, -0.2) is 0 Å². The third-order valence-corrected chi connectivity index (χ3v) is 4.97. The smallest absolute Gasteiger partial charge is 0.223 e. The molecule has 0 bridgehead atoms. The quantitative estimate of drug-likeness (QED) is 0.659. The molecule has 0 atom stereocenters. The maximum absolute atomic E-state index is 12.4. The molecule has 3 rings (SSSR count). The molecule has 1 heterocycles. The van der Waals surface area contributed by atoms with Gasteiger partial charge in [0.15, 0.2) is 0 Å². The van der Waals surface area contributed by atoms with Crippen molar-refractivity contribution in [1.29, 1.82) is 0 Å². The summed E-state index contributed by atoms with van der Waals surface area (Å²) >= 11 is 6.06. The fourth-order valence-corrected chi connectivity index (χ4v) is 3.24. The first-order chi connectivity index (χ1) is 13.0. The first-order valence-electron chi connectivity index (χ1n) is 9.16. The van der Waals surface area contributed by atoms with Gasteiger partial charge in [0.1, 0.15) is 5.75 Å². The van der Waals surface area contributed by atoms with E-state index in [1.165, 1.54) is 16.8 Å². The molecule has 0 aliphatic carbocycles. The Morgan fingerprint density at radius 3 is 2.59 bits per heavy atom. The first kappa shape index (κ1) is 19.3. The van der Waals surface area contributed by atoms with Crippen LogP contribution in [0.15, 0.2) is 54.6 Å². The minimum atomic E-state index is 0.161. The lowest BCUT2D eigenvalue weighted by atomic mass is 10.1. The van der Waals surface area contributed by atoms with Crippen molar-refractivity contribution in [3.63, 3.8) is 0 Å². The second kappa shape index (κ2) is 8.96. The fourth-order valence-electron chi connectivity index (χ4n) is 3.05. The number of rotatable bonds is 7. The Morgan fingerprint density at radius 2 is 1.89 bits per heavy atom. The zero-order chi connectivity index (χ0) is 19.2. The highest BCUT2D eigenvalue weighted by Gasteiger charge is 2.20. The molecule has 1 aliphatic heterocycles. The van der Waals surface area contributed by atoms with Crippen molar-refractivity contribution in [2.24, 2.45) is 0 Å². The van der Waals surface area contributed by atoms with Gasteiger partial charge in [-0.1, -0.05) is 41.9 Å². The van der Waals surface area contributed by atoms with Crippen molar-refractivity contribution in [3.05, 3.63) is 65.2 Å². The Hall–Kier alpha value is -2.46. The van der Waals surface area contributed by atoms with Crippen LogP contribution in [0.3, 0.4) is 0 Å². The maximum atomic E-state index is 12.4. The molecule has 0 saturated heterocycles. The number of benzene rings is 2. The van der Waals surface area contributed by atoms with Crippen LogP contribution in [0.2, 0.25) is 5.02 Å². The molecular formula is C22H25ClN2O2. The van der Waals surface area contributed by atoms with Crippen molar-refractivity contribution in [2.45, 2.75) is 12.8 Å². The molecule has 0 spiro atoms. The minimum absolute atomic E-state index is 0.161. The normalized spacial score (nSPS) is 13.4. The number of halogens is 1. The van der Waals surface area contributed by atoms with Crippen LogP contribution < -0.4 is 9.64 Å². The lowest BCUT2D eigenvalue weighted by Gasteiger charge is -2.17. The topological polar surface area (TPSA) is 32.8 Å². The van der Waals surface area contributed by atoms with Crippen molar-refractivity contribution in [3.8, 4) is 5.75 Å². The molecule has 0 fully saturated rings. The number of para-hydroxylation sites is 1. The summed E-state index contributed by atoms with van der Waals surface area (Å²) in [5, 5.41) is 0.595. The van der Waals surface area contributed by atoms with E-state index >= 15 is 0 Å². The van der Waals surface area contributed by atoms with Gasteiger partial charge >= 0.3 is 0 Å². The monoisotopic (exact) mass is 384 g/mol. The van der Waals surface area contributed by atoms with E-state index < -0.39 is 0 Å². The molecule has 0 radical (unpaired) electrons. The van der Waals surface area contributed by atoms with Crippen molar-refractivity contribution in [1.82, 2.24) is 4.90 Å². The van der Waals surface area contributed by atoms with Gasteiger partial charge in [-0.3, -0.25) is 4.79 Å². The molecule has 0 aromatic heterocycles. The number of amides is 1. The van der Waals surface area contributed by atoms with Gasteiger partial charge in [0, 0.05) is 39.3 Å². The number of hydrogen-bond donors (Lipinski definition) is 0. The van der Waals surface area contributed by atoms with Gasteiger partial charge < -0.3 is 14.5 Å². The summed E-state index contributed by atoms with van der Waals surface area (Å²) in [7, 11) is 4.05. The van der Waals surface area contributed by atoms with Gasteiger partial charge in [-0.15, -0.1) is 0 Å². The third kappa shape index (κ3) is 5.04.